The second kappa shape index (κ2) is 18.4. The van der Waals surface area contributed by atoms with Crippen molar-refractivity contribution in [3.8, 4) is 17.6 Å². The van der Waals surface area contributed by atoms with E-state index in [0.29, 0.717) is 29.5 Å². The van der Waals surface area contributed by atoms with Crippen LogP contribution in [0.15, 0.2) is 116 Å². The van der Waals surface area contributed by atoms with Gasteiger partial charge in [0, 0.05) is 12.1 Å². The van der Waals surface area contributed by atoms with Crippen molar-refractivity contribution in [2.45, 2.75) is 93.7 Å². The molecule has 1 saturated carbocycles. The predicted octanol–water partition coefficient (Wildman–Crippen LogP) is 6.70. The average molecular weight is 879 g/mol. The summed E-state index contributed by atoms with van der Waals surface area (Å²) >= 11 is 0. The molecule has 1 aliphatic carbocycles. The summed E-state index contributed by atoms with van der Waals surface area (Å²) in [5.41, 5.74) is -0.771. The van der Waals surface area contributed by atoms with Gasteiger partial charge in [-0.15, -0.1) is 6.58 Å². The second-order valence-electron chi connectivity index (χ2n) is 17.7. The number of methoxy groups -OCH3 is 1. The molecule has 4 aromatic carbocycles. The molecular weight excluding hydrogens is 825 g/mol. The minimum Gasteiger partial charge on any atom is -0.508 e. The number of nitrogens with zero attached hydrogens (tertiary/aromatic N) is 2. The molecule has 4 aromatic rings. The van der Waals surface area contributed by atoms with Gasteiger partial charge in [0.1, 0.15) is 35.0 Å². The van der Waals surface area contributed by atoms with E-state index in [1.807, 2.05) is 65.6 Å². The number of hydrogen-bond acceptors (Lipinski definition) is 10. The molecular formula is C52H54N4O9. The maximum atomic E-state index is 16.4. The van der Waals surface area contributed by atoms with Crippen molar-refractivity contribution in [2.24, 2.45) is 11.8 Å². The van der Waals surface area contributed by atoms with Gasteiger partial charge in [-0.2, -0.15) is 0 Å². The fourth-order valence-electron chi connectivity index (χ4n) is 10.4. The van der Waals surface area contributed by atoms with E-state index < -0.39 is 82.9 Å². The third-order valence-electron chi connectivity index (χ3n) is 13.3. The summed E-state index contributed by atoms with van der Waals surface area (Å²) in [4.78, 5) is 77.6. The van der Waals surface area contributed by atoms with Crippen LogP contribution in [0.25, 0.3) is 0 Å². The number of urea groups is 1. The topological polar surface area (TPSA) is 175 Å². The lowest BCUT2D eigenvalue weighted by molar-refractivity contribution is -0.178. The van der Waals surface area contributed by atoms with Crippen LogP contribution in [-0.4, -0.2) is 76.2 Å². The Hall–Kier alpha value is -6.75. The highest BCUT2D eigenvalue weighted by atomic mass is 16.6. The molecule has 3 aliphatic heterocycles. The molecule has 13 heteroatoms. The number of anilines is 1. The Morgan fingerprint density at radius 2 is 1.54 bits per heavy atom. The van der Waals surface area contributed by atoms with Crippen LogP contribution in [0, 0.1) is 23.7 Å². The Morgan fingerprint density at radius 3 is 2.15 bits per heavy atom. The molecule has 0 aromatic heterocycles. The zero-order valence-electron chi connectivity index (χ0n) is 36.7. The molecule has 4 aliphatic rings. The van der Waals surface area contributed by atoms with E-state index in [2.05, 4.69) is 29.1 Å². The summed E-state index contributed by atoms with van der Waals surface area (Å²) in [6.45, 7) is 7.24. The first-order valence-electron chi connectivity index (χ1n) is 22.2. The van der Waals surface area contributed by atoms with Crippen LogP contribution >= 0.6 is 0 Å². The first kappa shape index (κ1) is 44.8. The molecule has 65 heavy (non-hydrogen) atoms. The van der Waals surface area contributed by atoms with Crippen LogP contribution < -0.4 is 15.5 Å². The molecule has 13 nitrogen and oxygen atoms in total. The summed E-state index contributed by atoms with van der Waals surface area (Å²) in [6.07, 6.45) is 5.15. The van der Waals surface area contributed by atoms with Gasteiger partial charge in [0.2, 0.25) is 11.8 Å². The zero-order valence-corrected chi connectivity index (χ0v) is 36.7. The fraction of sp³-hybridized carbons (Fsp3) is 0.365. The van der Waals surface area contributed by atoms with E-state index in [4.69, 9.17) is 9.47 Å². The highest BCUT2D eigenvalue weighted by Crippen LogP contribution is 2.66. The maximum absolute atomic E-state index is 16.4. The first-order chi connectivity index (χ1) is 31.3. The lowest BCUT2D eigenvalue weighted by Crippen LogP contribution is -2.57. The number of amides is 4. The number of aliphatic hydroxyl groups is 1. The summed E-state index contributed by atoms with van der Waals surface area (Å²) < 4.78 is 11.5. The largest absolute Gasteiger partial charge is 0.508 e. The van der Waals surface area contributed by atoms with Crippen LogP contribution in [-0.2, 0) is 34.1 Å². The number of carbonyl (C=O) groups is 5. The number of imide groups is 1. The number of morpholine rings is 1. The molecule has 0 radical (unpaired) electrons. The maximum Gasteiger partial charge on any atom is 0.329 e. The van der Waals surface area contributed by atoms with Crippen LogP contribution in [0.5, 0.6) is 5.75 Å². The molecule has 3 fully saturated rings. The van der Waals surface area contributed by atoms with Gasteiger partial charge in [0.05, 0.1) is 30.8 Å². The van der Waals surface area contributed by atoms with E-state index in [0.717, 1.165) is 36.1 Å². The number of cyclic esters (lactones) is 1. The monoisotopic (exact) mass is 878 g/mol. The molecule has 7 atom stereocenters. The number of phenolic OH excluding ortho intramolecular Hbond substituents is 1. The van der Waals surface area contributed by atoms with Gasteiger partial charge >= 0.3 is 18.0 Å². The number of aromatic hydroxyl groups is 1. The van der Waals surface area contributed by atoms with Crippen molar-refractivity contribution < 1.29 is 43.7 Å². The molecule has 1 spiro atoms. The summed E-state index contributed by atoms with van der Waals surface area (Å²) in [7, 11) is 1.21. The van der Waals surface area contributed by atoms with E-state index in [9.17, 15) is 19.8 Å². The molecule has 336 valence electrons. The quantitative estimate of drug-likeness (QED) is 0.0613. The van der Waals surface area contributed by atoms with Gasteiger partial charge in [0.25, 0.3) is 0 Å². The van der Waals surface area contributed by atoms with Crippen molar-refractivity contribution >= 4 is 35.5 Å². The summed E-state index contributed by atoms with van der Waals surface area (Å²) in [5.74, 6) is 1.22. The number of benzene rings is 4. The van der Waals surface area contributed by atoms with Crippen LogP contribution in [0.4, 0.5) is 10.5 Å². The third-order valence-corrected chi connectivity index (χ3v) is 13.3. The molecule has 0 bridgehead atoms. The number of rotatable bonds is 9. The molecule has 8 rings (SSSR count). The van der Waals surface area contributed by atoms with Crippen molar-refractivity contribution in [2.75, 3.05) is 18.6 Å². The number of nitrogens with one attached hydrogen (secondary N) is 2. The Kier molecular flexibility index (Phi) is 12.7. The predicted molar refractivity (Wildman–Crippen MR) is 242 cm³/mol. The van der Waals surface area contributed by atoms with Crippen molar-refractivity contribution in [1.82, 2.24) is 15.5 Å². The van der Waals surface area contributed by atoms with Crippen molar-refractivity contribution in [3.05, 3.63) is 144 Å². The molecule has 7 unspecified atom stereocenters. The highest BCUT2D eigenvalue weighted by molar-refractivity contribution is 6.25. The van der Waals surface area contributed by atoms with E-state index in [1.54, 1.807) is 44.2 Å². The Bertz CT molecular complexity index is 2530. The van der Waals surface area contributed by atoms with Gasteiger partial charge < -0.3 is 30.3 Å². The van der Waals surface area contributed by atoms with Gasteiger partial charge in [-0.25, -0.2) is 14.5 Å². The van der Waals surface area contributed by atoms with E-state index >= 15 is 14.4 Å². The van der Waals surface area contributed by atoms with Crippen LogP contribution in [0.1, 0.15) is 98.4 Å². The summed E-state index contributed by atoms with van der Waals surface area (Å²) in [5, 5.41) is 27.9. The highest BCUT2D eigenvalue weighted by Gasteiger charge is 2.75. The average Bonchev–Trinajstić information content (AvgIpc) is 3.65. The number of fused-ring (bicyclic) bond motifs is 3. The lowest BCUT2D eigenvalue weighted by atomic mass is 9.65. The second-order valence-corrected chi connectivity index (χ2v) is 17.7. The minimum absolute atomic E-state index is 0.0175. The standard InChI is InChI=1S/C52H54N4O9/c1-5-30-53-46(58)40-43-48(60)65-44(35-18-12-9-13-19-35)42(34-16-10-8-11-17-34)56(43)45(36-21-23-37(57)24-22-36)52(40)38-31-33(26-29-51(63)27-14-6-7-15-28-51)20-25-39(38)55(49(52)61)50(62)54-41(32(2)3)47(59)64-4/h5,8-13,16-25,31-32,40-45,57,63H,1,6-7,14-15,27-28,30H2,2-4H3,(H,53,58)(H,54,62). The van der Waals surface area contributed by atoms with Crippen LogP contribution in [0.3, 0.4) is 0 Å². The van der Waals surface area contributed by atoms with E-state index in [-0.39, 0.29) is 23.5 Å². The van der Waals surface area contributed by atoms with E-state index in [1.165, 1.54) is 25.3 Å². The number of ether oxygens (including phenoxy) is 2. The van der Waals surface area contributed by atoms with Crippen LogP contribution in [0.2, 0.25) is 0 Å². The molecule has 2 saturated heterocycles. The number of phenols is 1. The van der Waals surface area contributed by atoms with Gasteiger partial charge in [0.15, 0.2) is 0 Å². The Morgan fingerprint density at radius 1 is 0.892 bits per heavy atom. The smallest absolute Gasteiger partial charge is 0.329 e. The van der Waals surface area contributed by atoms with Gasteiger partial charge in [-0.1, -0.05) is 117 Å². The third kappa shape index (κ3) is 8.06. The first-order valence-corrected chi connectivity index (χ1v) is 22.2. The Balaban J connectivity index is 1.44. The molecule has 4 amide bonds. The fourth-order valence-corrected chi connectivity index (χ4v) is 10.4. The number of carbonyl (C=O) groups excluding carboxylic acids is 5. The SMILES string of the molecule is C=CCNC(=O)C1C2C(=O)OC(c3ccccc3)C(c3ccccc3)N2C(c2ccc(O)cc2)C12C(=O)N(C(=O)NC(C(=O)OC)C(C)C)c1ccc(C#CC3(O)CCCCCC3)cc12. The normalized spacial score (nSPS) is 25.0. The Labute approximate surface area is 378 Å². The number of hydrogen-bond donors (Lipinski definition) is 4. The van der Waals surface area contributed by atoms with Crippen molar-refractivity contribution in [3.63, 3.8) is 0 Å². The van der Waals surface area contributed by atoms with Gasteiger partial charge in [-0.3, -0.25) is 19.3 Å². The lowest BCUT2D eigenvalue weighted by Gasteiger charge is -2.46. The minimum atomic E-state index is -2.09. The van der Waals surface area contributed by atoms with Crippen molar-refractivity contribution in [1.29, 1.82) is 0 Å². The molecule has 4 N–H and O–H groups in total. The summed E-state index contributed by atoms with van der Waals surface area (Å²) in [6, 6.07) is 24.2. The molecule has 3 heterocycles. The number of esters is 2. The van der Waals surface area contributed by atoms with Gasteiger partial charge in [-0.05, 0) is 84.2 Å². The zero-order chi connectivity index (χ0) is 46.0.